The number of benzene rings is 1. The molecular weight excluding hydrogens is 263 g/mol. The van der Waals surface area contributed by atoms with Gasteiger partial charge in [0.25, 0.3) is 0 Å². The fraction of sp³-hybridized carbons (Fsp3) is 0.389. The summed E-state index contributed by atoms with van der Waals surface area (Å²) in [6.07, 6.45) is 3.18. The molecule has 0 aliphatic rings. The molecule has 0 aliphatic carbocycles. The monoisotopic (exact) mass is 286 g/mol. The maximum absolute atomic E-state index is 13.0. The quantitative estimate of drug-likeness (QED) is 0.866. The van der Waals surface area contributed by atoms with Crippen molar-refractivity contribution in [3.05, 3.63) is 65.2 Å². The van der Waals surface area contributed by atoms with Crippen molar-refractivity contribution in [2.45, 2.75) is 45.7 Å². The number of nitrogens with one attached hydrogen (secondary N) is 1. The maximum atomic E-state index is 13.0. The highest BCUT2D eigenvalue weighted by Crippen LogP contribution is 2.18. The topological polar surface area (TPSA) is 24.9 Å². The van der Waals surface area contributed by atoms with Gasteiger partial charge in [0.2, 0.25) is 0 Å². The molecule has 3 heteroatoms. The number of aryl methyl sites for hydroxylation is 1. The zero-order valence-corrected chi connectivity index (χ0v) is 12.9. The van der Waals surface area contributed by atoms with Crippen LogP contribution in [0.2, 0.25) is 0 Å². The minimum absolute atomic E-state index is 0.0954. The summed E-state index contributed by atoms with van der Waals surface area (Å²) in [6.45, 7) is 6.37. The number of rotatable bonds is 6. The molecule has 1 unspecified atom stereocenters. The van der Waals surface area contributed by atoms with E-state index < -0.39 is 0 Å². The van der Waals surface area contributed by atoms with Crippen molar-refractivity contribution in [2.75, 3.05) is 0 Å². The van der Waals surface area contributed by atoms with Crippen LogP contribution in [0.1, 0.15) is 43.6 Å². The van der Waals surface area contributed by atoms with Crippen LogP contribution >= 0.6 is 0 Å². The number of aromatic nitrogens is 1. The third-order valence-corrected chi connectivity index (χ3v) is 3.51. The fourth-order valence-corrected chi connectivity index (χ4v) is 2.39. The first kappa shape index (κ1) is 15.6. The SMILES string of the molecule is CCc1ccc(CC(NC(C)C)c2ccc(F)cn2)cc1. The summed E-state index contributed by atoms with van der Waals surface area (Å²) in [5, 5.41) is 3.51. The number of hydrogen-bond donors (Lipinski definition) is 1. The molecule has 0 amide bonds. The molecule has 0 saturated heterocycles. The molecular formula is C18H23FN2. The molecule has 1 aromatic heterocycles. The van der Waals surface area contributed by atoms with Crippen molar-refractivity contribution in [3.8, 4) is 0 Å². The van der Waals surface area contributed by atoms with Gasteiger partial charge in [-0.2, -0.15) is 0 Å². The first-order valence-corrected chi connectivity index (χ1v) is 7.53. The third kappa shape index (κ3) is 4.64. The Hall–Kier alpha value is -1.74. The lowest BCUT2D eigenvalue weighted by Crippen LogP contribution is -2.30. The summed E-state index contributed by atoms with van der Waals surface area (Å²) in [7, 11) is 0. The molecule has 0 aliphatic heterocycles. The normalized spacial score (nSPS) is 12.6. The molecule has 0 fully saturated rings. The largest absolute Gasteiger partial charge is 0.306 e. The molecule has 0 spiro atoms. The third-order valence-electron chi connectivity index (χ3n) is 3.51. The van der Waals surface area contributed by atoms with Crippen LogP contribution in [0.4, 0.5) is 4.39 Å². The van der Waals surface area contributed by atoms with Gasteiger partial charge in [-0.1, -0.05) is 45.0 Å². The maximum Gasteiger partial charge on any atom is 0.141 e. The second-order valence-electron chi connectivity index (χ2n) is 5.65. The molecule has 2 rings (SSSR count). The minimum Gasteiger partial charge on any atom is -0.306 e. The zero-order chi connectivity index (χ0) is 15.2. The smallest absolute Gasteiger partial charge is 0.141 e. The van der Waals surface area contributed by atoms with E-state index in [9.17, 15) is 4.39 Å². The van der Waals surface area contributed by atoms with Crippen molar-refractivity contribution < 1.29 is 4.39 Å². The molecule has 112 valence electrons. The minimum atomic E-state index is -0.297. The highest BCUT2D eigenvalue weighted by atomic mass is 19.1. The van der Waals surface area contributed by atoms with E-state index in [1.54, 1.807) is 6.07 Å². The highest BCUT2D eigenvalue weighted by molar-refractivity contribution is 5.24. The van der Waals surface area contributed by atoms with Gasteiger partial charge in [0.15, 0.2) is 0 Å². The Kier molecular flexibility index (Phi) is 5.45. The molecule has 1 heterocycles. The Morgan fingerprint density at radius 2 is 1.71 bits per heavy atom. The van der Waals surface area contributed by atoms with Crippen molar-refractivity contribution in [1.29, 1.82) is 0 Å². The predicted octanol–water partition coefficient (Wildman–Crippen LogP) is 4.06. The van der Waals surface area contributed by atoms with E-state index in [-0.39, 0.29) is 11.9 Å². The second kappa shape index (κ2) is 7.32. The molecule has 1 N–H and O–H groups in total. The van der Waals surface area contributed by atoms with Gasteiger partial charge in [-0.25, -0.2) is 4.39 Å². The Morgan fingerprint density at radius 1 is 1.05 bits per heavy atom. The van der Waals surface area contributed by atoms with Crippen LogP contribution in [0.5, 0.6) is 0 Å². The summed E-state index contributed by atoms with van der Waals surface area (Å²) < 4.78 is 13.0. The summed E-state index contributed by atoms with van der Waals surface area (Å²) in [5.41, 5.74) is 3.48. The average molecular weight is 286 g/mol. The van der Waals surface area contributed by atoms with Gasteiger partial charge >= 0.3 is 0 Å². The number of hydrogen-bond acceptors (Lipinski definition) is 2. The van der Waals surface area contributed by atoms with E-state index in [4.69, 9.17) is 0 Å². The summed E-state index contributed by atoms with van der Waals surface area (Å²) >= 11 is 0. The summed E-state index contributed by atoms with van der Waals surface area (Å²) in [5.74, 6) is -0.297. The lowest BCUT2D eigenvalue weighted by Gasteiger charge is -2.21. The zero-order valence-electron chi connectivity index (χ0n) is 12.9. The highest BCUT2D eigenvalue weighted by Gasteiger charge is 2.15. The first-order valence-electron chi connectivity index (χ1n) is 7.53. The van der Waals surface area contributed by atoms with Gasteiger partial charge in [-0.05, 0) is 36.1 Å². The van der Waals surface area contributed by atoms with Gasteiger partial charge in [-0.3, -0.25) is 4.98 Å². The Morgan fingerprint density at radius 3 is 2.24 bits per heavy atom. The lowest BCUT2D eigenvalue weighted by atomic mass is 10.0. The van der Waals surface area contributed by atoms with Crippen LogP contribution in [0.15, 0.2) is 42.6 Å². The molecule has 2 aromatic rings. The first-order chi connectivity index (χ1) is 10.1. The van der Waals surface area contributed by atoms with E-state index >= 15 is 0 Å². The predicted molar refractivity (Wildman–Crippen MR) is 84.7 cm³/mol. The number of halogens is 1. The average Bonchev–Trinajstić information content (AvgIpc) is 2.48. The van der Waals surface area contributed by atoms with Gasteiger partial charge in [0, 0.05) is 6.04 Å². The Balaban J connectivity index is 2.17. The fourth-order valence-electron chi connectivity index (χ4n) is 2.39. The van der Waals surface area contributed by atoms with Gasteiger partial charge in [0.1, 0.15) is 5.82 Å². The molecule has 0 radical (unpaired) electrons. The van der Waals surface area contributed by atoms with E-state index in [2.05, 4.69) is 55.3 Å². The van der Waals surface area contributed by atoms with Gasteiger partial charge in [-0.15, -0.1) is 0 Å². The lowest BCUT2D eigenvalue weighted by molar-refractivity contribution is 0.464. The van der Waals surface area contributed by atoms with Crippen LogP contribution in [-0.2, 0) is 12.8 Å². The molecule has 0 saturated carbocycles. The number of nitrogens with zero attached hydrogens (tertiary/aromatic N) is 1. The molecule has 2 nitrogen and oxygen atoms in total. The number of pyridine rings is 1. The van der Waals surface area contributed by atoms with Crippen molar-refractivity contribution >= 4 is 0 Å². The van der Waals surface area contributed by atoms with E-state index in [0.29, 0.717) is 6.04 Å². The van der Waals surface area contributed by atoms with Crippen molar-refractivity contribution in [1.82, 2.24) is 10.3 Å². The van der Waals surface area contributed by atoms with Gasteiger partial charge in [0.05, 0.1) is 17.9 Å². The molecule has 0 bridgehead atoms. The van der Waals surface area contributed by atoms with Crippen LogP contribution in [0.3, 0.4) is 0 Å². The summed E-state index contributed by atoms with van der Waals surface area (Å²) in [6, 6.07) is 12.3. The van der Waals surface area contributed by atoms with E-state index in [0.717, 1.165) is 18.5 Å². The van der Waals surface area contributed by atoms with E-state index in [1.165, 1.54) is 23.4 Å². The van der Waals surface area contributed by atoms with Crippen molar-refractivity contribution in [3.63, 3.8) is 0 Å². The van der Waals surface area contributed by atoms with Crippen LogP contribution in [0.25, 0.3) is 0 Å². The van der Waals surface area contributed by atoms with Crippen LogP contribution < -0.4 is 5.32 Å². The molecule has 1 atom stereocenters. The van der Waals surface area contributed by atoms with Crippen molar-refractivity contribution in [2.24, 2.45) is 0 Å². The van der Waals surface area contributed by atoms with Crippen LogP contribution in [0, 0.1) is 5.82 Å². The van der Waals surface area contributed by atoms with Gasteiger partial charge < -0.3 is 5.32 Å². The van der Waals surface area contributed by atoms with Crippen LogP contribution in [-0.4, -0.2) is 11.0 Å². The second-order valence-corrected chi connectivity index (χ2v) is 5.65. The standard InChI is InChI=1S/C18H23FN2/c1-4-14-5-7-15(8-6-14)11-18(21-13(2)3)17-10-9-16(19)12-20-17/h5-10,12-13,18,21H,4,11H2,1-3H3. The molecule has 1 aromatic carbocycles. The molecule has 21 heavy (non-hydrogen) atoms. The summed E-state index contributed by atoms with van der Waals surface area (Å²) in [4.78, 5) is 4.22. The Labute approximate surface area is 126 Å². The Bertz CT molecular complexity index is 546. The van der Waals surface area contributed by atoms with E-state index in [1.807, 2.05) is 0 Å².